The number of aromatic amines is 1. The highest BCUT2D eigenvalue weighted by Gasteiger charge is 2.40. The van der Waals surface area contributed by atoms with Gasteiger partial charge in [0, 0.05) is 60.1 Å². The molecule has 34 heavy (non-hydrogen) atoms. The number of carbonyl (C=O) groups excluding carboxylic acids is 2. The largest absolute Gasteiger partial charge is 0.368 e. The van der Waals surface area contributed by atoms with Crippen LogP contribution < -0.4 is 4.90 Å². The Labute approximate surface area is 198 Å². The van der Waals surface area contributed by atoms with Gasteiger partial charge in [0.15, 0.2) is 0 Å². The first-order chi connectivity index (χ1) is 16.7. The van der Waals surface area contributed by atoms with E-state index in [4.69, 9.17) is 0 Å². The summed E-state index contributed by atoms with van der Waals surface area (Å²) in [5.74, 6) is -0.0825. The highest BCUT2D eigenvalue weighted by atomic mass is 16.2. The maximum absolute atomic E-state index is 13.4. The molecular formula is C28H26N4O2. The number of anilines is 1. The van der Waals surface area contributed by atoms with Gasteiger partial charge >= 0.3 is 0 Å². The van der Waals surface area contributed by atoms with Crippen molar-refractivity contribution in [1.29, 1.82) is 0 Å². The van der Waals surface area contributed by atoms with E-state index in [1.807, 2.05) is 71.8 Å². The minimum atomic E-state index is -0.283. The Kier molecular flexibility index (Phi) is 5.06. The molecule has 1 fully saturated rings. The molecule has 3 aromatic carbocycles. The van der Waals surface area contributed by atoms with Crippen LogP contribution in [0.3, 0.4) is 0 Å². The van der Waals surface area contributed by atoms with Crippen LogP contribution in [0.15, 0.2) is 85.1 Å². The summed E-state index contributed by atoms with van der Waals surface area (Å²) in [7, 11) is 0. The molecule has 0 aliphatic carbocycles. The highest BCUT2D eigenvalue weighted by molar-refractivity contribution is 6.02. The number of aromatic nitrogens is 1. The minimum Gasteiger partial charge on any atom is -0.368 e. The SMILES string of the molecule is O=C(CN1C(=O)c2ccccc2[C@H]1c1c[nH]c2ccccc12)N1CCN(c2ccccc2)CC1. The molecule has 0 spiro atoms. The van der Waals surface area contributed by atoms with Crippen molar-refractivity contribution < 1.29 is 9.59 Å². The van der Waals surface area contributed by atoms with Crippen LogP contribution in [0.4, 0.5) is 5.69 Å². The van der Waals surface area contributed by atoms with Crippen LogP contribution in [0, 0.1) is 0 Å². The van der Waals surface area contributed by atoms with Crippen molar-refractivity contribution in [2.45, 2.75) is 6.04 Å². The van der Waals surface area contributed by atoms with E-state index in [1.165, 1.54) is 5.69 Å². The van der Waals surface area contributed by atoms with Crippen molar-refractivity contribution >= 4 is 28.4 Å². The number of nitrogens with zero attached hydrogens (tertiary/aromatic N) is 3. The molecule has 170 valence electrons. The predicted octanol–water partition coefficient (Wildman–Crippen LogP) is 4.06. The summed E-state index contributed by atoms with van der Waals surface area (Å²) in [5.41, 5.74) is 4.87. The number of benzene rings is 3. The van der Waals surface area contributed by atoms with E-state index in [0.717, 1.165) is 35.1 Å². The number of hydrogen-bond acceptors (Lipinski definition) is 3. The van der Waals surface area contributed by atoms with Crippen LogP contribution in [-0.4, -0.2) is 59.3 Å². The number of para-hydroxylation sites is 2. The van der Waals surface area contributed by atoms with Crippen LogP contribution >= 0.6 is 0 Å². The summed E-state index contributed by atoms with van der Waals surface area (Å²) >= 11 is 0. The minimum absolute atomic E-state index is 0.00120. The first-order valence-corrected chi connectivity index (χ1v) is 11.7. The maximum atomic E-state index is 13.4. The molecule has 6 rings (SSSR count). The monoisotopic (exact) mass is 450 g/mol. The Bertz CT molecular complexity index is 1360. The van der Waals surface area contributed by atoms with Gasteiger partial charge in [-0.2, -0.15) is 0 Å². The third-order valence-corrected chi connectivity index (χ3v) is 7.03. The molecule has 6 heteroatoms. The summed E-state index contributed by atoms with van der Waals surface area (Å²) in [4.78, 5) is 36.1. The molecule has 0 bridgehead atoms. The Morgan fingerprint density at radius 1 is 0.824 bits per heavy atom. The second-order valence-corrected chi connectivity index (χ2v) is 8.92. The van der Waals surface area contributed by atoms with Gasteiger partial charge in [0.2, 0.25) is 5.91 Å². The Hall–Kier alpha value is -4.06. The van der Waals surface area contributed by atoms with Gasteiger partial charge in [-0.15, -0.1) is 0 Å². The maximum Gasteiger partial charge on any atom is 0.255 e. The van der Waals surface area contributed by atoms with Crippen LogP contribution in [0.2, 0.25) is 0 Å². The van der Waals surface area contributed by atoms with E-state index >= 15 is 0 Å². The van der Waals surface area contributed by atoms with E-state index in [1.54, 1.807) is 4.90 Å². The lowest BCUT2D eigenvalue weighted by Crippen LogP contribution is -2.51. The number of fused-ring (bicyclic) bond motifs is 2. The standard InChI is InChI=1S/C28H26N4O2/c33-26(31-16-14-30(15-17-31)20-8-2-1-3-9-20)19-32-27(22-11-4-5-12-23(22)28(32)34)24-18-29-25-13-7-6-10-21(24)25/h1-13,18,27,29H,14-17,19H2/t27-/m0/s1. The van der Waals surface area contributed by atoms with Gasteiger partial charge in [-0.3, -0.25) is 9.59 Å². The number of rotatable bonds is 4. The summed E-state index contributed by atoms with van der Waals surface area (Å²) in [6.07, 6.45) is 1.97. The summed E-state index contributed by atoms with van der Waals surface area (Å²) in [6, 6.07) is 25.8. The molecule has 0 saturated carbocycles. The van der Waals surface area contributed by atoms with E-state index in [9.17, 15) is 9.59 Å². The van der Waals surface area contributed by atoms with Gasteiger partial charge in [-0.25, -0.2) is 0 Å². The zero-order valence-corrected chi connectivity index (χ0v) is 18.9. The van der Waals surface area contributed by atoms with Gasteiger partial charge in [-0.05, 0) is 29.8 Å². The second-order valence-electron chi connectivity index (χ2n) is 8.92. The number of hydrogen-bond donors (Lipinski definition) is 1. The molecule has 1 N–H and O–H groups in total. The average Bonchev–Trinajstić information content (AvgIpc) is 3.43. The molecule has 2 aliphatic heterocycles. The molecule has 6 nitrogen and oxygen atoms in total. The lowest BCUT2D eigenvalue weighted by molar-refractivity contribution is -0.132. The van der Waals surface area contributed by atoms with Crippen LogP contribution in [0.5, 0.6) is 0 Å². The van der Waals surface area contributed by atoms with Gasteiger partial charge < -0.3 is 19.7 Å². The van der Waals surface area contributed by atoms with Gasteiger partial charge in [-0.1, -0.05) is 54.6 Å². The number of piperazine rings is 1. The third kappa shape index (κ3) is 3.43. The van der Waals surface area contributed by atoms with Gasteiger partial charge in [0.05, 0.1) is 6.04 Å². The van der Waals surface area contributed by atoms with E-state index in [-0.39, 0.29) is 24.4 Å². The van der Waals surface area contributed by atoms with E-state index in [2.05, 4.69) is 28.1 Å². The molecule has 1 aromatic heterocycles. The van der Waals surface area contributed by atoms with Crippen molar-refractivity contribution in [2.24, 2.45) is 0 Å². The number of carbonyl (C=O) groups is 2. The number of amides is 2. The zero-order valence-electron chi connectivity index (χ0n) is 18.9. The Morgan fingerprint density at radius 3 is 2.35 bits per heavy atom. The second kappa shape index (κ2) is 8.37. The van der Waals surface area contributed by atoms with Crippen LogP contribution in [0.25, 0.3) is 10.9 Å². The van der Waals surface area contributed by atoms with Crippen LogP contribution in [0.1, 0.15) is 27.5 Å². The Balaban J connectivity index is 1.25. The molecule has 2 amide bonds. The molecule has 0 radical (unpaired) electrons. The molecule has 2 aliphatic rings. The van der Waals surface area contributed by atoms with Crippen molar-refractivity contribution in [3.05, 3.63) is 102 Å². The summed E-state index contributed by atoms with van der Waals surface area (Å²) in [6.45, 7) is 2.95. The Morgan fingerprint density at radius 2 is 1.53 bits per heavy atom. The number of H-pyrrole nitrogens is 1. The molecular weight excluding hydrogens is 424 g/mol. The highest BCUT2D eigenvalue weighted by Crippen LogP contribution is 2.41. The fraction of sp³-hybridized carbons (Fsp3) is 0.214. The molecule has 0 unspecified atom stereocenters. The lowest BCUT2D eigenvalue weighted by Gasteiger charge is -2.37. The van der Waals surface area contributed by atoms with Crippen molar-refractivity contribution in [3.63, 3.8) is 0 Å². The predicted molar refractivity (Wildman–Crippen MR) is 133 cm³/mol. The third-order valence-electron chi connectivity index (χ3n) is 7.03. The zero-order chi connectivity index (χ0) is 23.1. The molecule has 4 aromatic rings. The van der Waals surface area contributed by atoms with E-state index < -0.39 is 0 Å². The summed E-state index contributed by atoms with van der Waals surface area (Å²) in [5, 5.41) is 1.07. The van der Waals surface area contributed by atoms with E-state index in [0.29, 0.717) is 18.7 Å². The van der Waals surface area contributed by atoms with Crippen molar-refractivity contribution in [1.82, 2.24) is 14.8 Å². The average molecular weight is 451 g/mol. The first-order valence-electron chi connectivity index (χ1n) is 11.7. The fourth-order valence-corrected chi connectivity index (χ4v) is 5.29. The summed E-state index contributed by atoms with van der Waals surface area (Å²) < 4.78 is 0. The van der Waals surface area contributed by atoms with Gasteiger partial charge in [0.1, 0.15) is 6.54 Å². The van der Waals surface area contributed by atoms with Crippen molar-refractivity contribution in [3.8, 4) is 0 Å². The molecule has 3 heterocycles. The smallest absolute Gasteiger partial charge is 0.255 e. The lowest BCUT2D eigenvalue weighted by atomic mass is 9.97. The topological polar surface area (TPSA) is 59.7 Å². The fourth-order valence-electron chi connectivity index (χ4n) is 5.29. The normalized spacial score (nSPS) is 17.9. The number of nitrogens with one attached hydrogen (secondary N) is 1. The quantitative estimate of drug-likeness (QED) is 0.510. The van der Waals surface area contributed by atoms with Gasteiger partial charge in [0.25, 0.3) is 5.91 Å². The molecule has 1 saturated heterocycles. The van der Waals surface area contributed by atoms with Crippen molar-refractivity contribution in [2.75, 3.05) is 37.6 Å². The molecule has 1 atom stereocenters. The first kappa shape index (κ1) is 20.5. The van der Waals surface area contributed by atoms with Crippen LogP contribution in [-0.2, 0) is 4.79 Å².